The van der Waals surface area contributed by atoms with E-state index < -0.39 is 7.49 Å². The molecule has 0 atom stereocenters. The van der Waals surface area contributed by atoms with Crippen LogP contribution in [0.5, 0.6) is 0 Å². The smallest absolute Gasteiger partial charge is 0.300 e. The number of benzene rings is 3. The highest BCUT2D eigenvalue weighted by molar-refractivity contribution is 7.92. The zero-order chi connectivity index (χ0) is 15.3. The van der Waals surface area contributed by atoms with Crippen LogP contribution in [0.4, 0.5) is 0 Å². The molecular formula is C19H16O2P+. The van der Waals surface area contributed by atoms with Crippen molar-refractivity contribution in [3.8, 4) is 0 Å². The van der Waals surface area contributed by atoms with E-state index in [1.165, 1.54) is 0 Å². The van der Waals surface area contributed by atoms with Gasteiger partial charge in [-0.1, -0.05) is 54.6 Å². The number of hydrogen-bond donors (Lipinski definition) is 0. The summed E-state index contributed by atoms with van der Waals surface area (Å²) in [7, 11) is -2.42. The minimum Gasteiger partial charge on any atom is -0.300 e. The fraction of sp³-hybridized carbons (Fsp3) is 0. The van der Waals surface area contributed by atoms with Crippen LogP contribution in [0.15, 0.2) is 91.0 Å². The summed E-state index contributed by atoms with van der Waals surface area (Å²) in [4.78, 5) is 11.3. The number of rotatable bonds is 5. The van der Waals surface area contributed by atoms with Crippen molar-refractivity contribution in [2.24, 2.45) is 0 Å². The zero-order valence-corrected chi connectivity index (χ0v) is 12.9. The predicted molar refractivity (Wildman–Crippen MR) is 92.3 cm³/mol. The van der Waals surface area contributed by atoms with Crippen molar-refractivity contribution in [2.75, 3.05) is 0 Å². The van der Waals surface area contributed by atoms with Crippen LogP contribution < -0.4 is 15.9 Å². The van der Waals surface area contributed by atoms with E-state index in [0.717, 1.165) is 15.9 Å². The Labute approximate surface area is 130 Å². The van der Waals surface area contributed by atoms with Gasteiger partial charge in [0.25, 0.3) is 7.49 Å². The zero-order valence-electron chi connectivity index (χ0n) is 12.0. The van der Waals surface area contributed by atoms with Gasteiger partial charge >= 0.3 is 6.47 Å². The van der Waals surface area contributed by atoms with Gasteiger partial charge in [0.15, 0.2) is 0 Å². The molecule has 22 heavy (non-hydrogen) atoms. The molecule has 0 radical (unpaired) electrons. The van der Waals surface area contributed by atoms with Gasteiger partial charge in [-0.25, -0.2) is 0 Å². The second-order valence-electron chi connectivity index (χ2n) is 4.82. The highest BCUT2D eigenvalue weighted by Gasteiger charge is 2.49. The number of carbonyl (C=O) groups is 1. The molecule has 0 aliphatic rings. The van der Waals surface area contributed by atoms with E-state index in [9.17, 15) is 4.79 Å². The summed E-state index contributed by atoms with van der Waals surface area (Å²) in [5.74, 6) is 0. The Balaban J connectivity index is 2.31. The van der Waals surface area contributed by atoms with Crippen LogP contribution in [0, 0.1) is 0 Å². The maximum Gasteiger partial charge on any atom is 0.340 e. The fourth-order valence-corrected chi connectivity index (χ4v) is 5.77. The van der Waals surface area contributed by atoms with Gasteiger partial charge in [-0.15, -0.1) is 0 Å². The lowest BCUT2D eigenvalue weighted by Gasteiger charge is -2.23. The molecule has 3 aromatic rings. The molecule has 2 nitrogen and oxygen atoms in total. The molecule has 0 heterocycles. The fourth-order valence-electron chi connectivity index (χ4n) is 2.61. The van der Waals surface area contributed by atoms with Crippen molar-refractivity contribution in [1.82, 2.24) is 0 Å². The largest absolute Gasteiger partial charge is 0.340 e. The first-order chi connectivity index (χ1) is 10.9. The van der Waals surface area contributed by atoms with Crippen molar-refractivity contribution >= 4 is 29.9 Å². The highest BCUT2D eigenvalue weighted by Crippen LogP contribution is 2.55. The van der Waals surface area contributed by atoms with E-state index in [1.54, 1.807) is 0 Å². The molecule has 3 heteroatoms. The van der Waals surface area contributed by atoms with E-state index in [2.05, 4.69) is 0 Å². The maximum atomic E-state index is 11.3. The minimum absolute atomic E-state index is 0.570. The van der Waals surface area contributed by atoms with Crippen LogP contribution in [0.1, 0.15) is 0 Å². The molecule has 3 aromatic carbocycles. The Bertz CT molecular complexity index is 630. The van der Waals surface area contributed by atoms with Crippen molar-refractivity contribution in [3.63, 3.8) is 0 Å². The van der Waals surface area contributed by atoms with Gasteiger partial charge in [0.2, 0.25) is 0 Å². The molecule has 0 aliphatic carbocycles. The van der Waals surface area contributed by atoms with Crippen molar-refractivity contribution < 1.29 is 9.32 Å². The predicted octanol–water partition coefficient (Wildman–Crippen LogP) is 3.07. The molecule has 0 aliphatic heterocycles. The van der Waals surface area contributed by atoms with E-state index >= 15 is 0 Å². The minimum atomic E-state index is -2.42. The summed E-state index contributed by atoms with van der Waals surface area (Å²) in [6.45, 7) is 0.570. The van der Waals surface area contributed by atoms with Crippen LogP contribution in [0.3, 0.4) is 0 Å². The topological polar surface area (TPSA) is 26.3 Å². The Morgan fingerprint density at radius 3 is 1.18 bits per heavy atom. The maximum absolute atomic E-state index is 11.3. The third-order valence-electron chi connectivity index (χ3n) is 3.56. The Morgan fingerprint density at radius 2 is 0.909 bits per heavy atom. The standard InChI is InChI=1S/C19H16O2P/c20-16-21-22(17-10-4-1-5-11-17,18-12-6-2-7-13-18)19-14-8-3-9-15-19/h1-16H/q+1. The SMILES string of the molecule is O=CO[P+](c1ccccc1)(c1ccccc1)c1ccccc1. The summed E-state index contributed by atoms with van der Waals surface area (Å²) in [5, 5.41) is 3.08. The van der Waals surface area contributed by atoms with Crippen molar-refractivity contribution in [1.29, 1.82) is 0 Å². The summed E-state index contributed by atoms with van der Waals surface area (Å²) in [6, 6.07) is 29.9. The first-order valence-corrected chi connectivity index (χ1v) is 8.76. The number of hydrogen-bond acceptors (Lipinski definition) is 2. The second-order valence-corrected chi connectivity index (χ2v) is 7.80. The van der Waals surface area contributed by atoms with Gasteiger partial charge in [0.1, 0.15) is 15.9 Å². The molecule has 0 unspecified atom stereocenters. The average Bonchev–Trinajstić information content (AvgIpc) is 2.62. The van der Waals surface area contributed by atoms with Gasteiger partial charge in [-0.3, -0.25) is 4.79 Å². The summed E-state index contributed by atoms with van der Waals surface area (Å²) in [6.07, 6.45) is 0. The third kappa shape index (κ3) is 2.54. The monoisotopic (exact) mass is 307 g/mol. The van der Waals surface area contributed by atoms with E-state index in [1.807, 2.05) is 91.0 Å². The molecule has 0 spiro atoms. The normalized spacial score (nSPS) is 10.9. The van der Waals surface area contributed by atoms with Crippen LogP contribution in [-0.4, -0.2) is 6.47 Å². The molecule has 0 N–H and O–H groups in total. The van der Waals surface area contributed by atoms with Crippen molar-refractivity contribution in [3.05, 3.63) is 91.0 Å². The Morgan fingerprint density at radius 1 is 0.591 bits per heavy atom. The third-order valence-corrected chi connectivity index (χ3v) is 7.04. The lowest BCUT2D eigenvalue weighted by molar-refractivity contribution is -0.120. The molecule has 0 saturated carbocycles. The highest BCUT2D eigenvalue weighted by atomic mass is 31.2. The van der Waals surface area contributed by atoms with Gasteiger partial charge in [0.05, 0.1) is 0 Å². The molecule has 0 saturated heterocycles. The van der Waals surface area contributed by atoms with E-state index in [4.69, 9.17) is 4.52 Å². The first-order valence-electron chi connectivity index (χ1n) is 7.06. The molecule has 108 valence electrons. The number of carbonyl (C=O) groups excluding carboxylic acids is 1. The lowest BCUT2D eigenvalue weighted by atomic mass is 10.4. The summed E-state index contributed by atoms with van der Waals surface area (Å²) in [5.41, 5.74) is 0. The van der Waals surface area contributed by atoms with Gasteiger partial charge in [-0.05, 0) is 36.4 Å². The molecule has 0 amide bonds. The average molecular weight is 307 g/mol. The second kappa shape index (κ2) is 6.55. The Hall–Kier alpha value is -2.44. The molecule has 0 aromatic heterocycles. The molecule has 3 rings (SSSR count). The van der Waals surface area contributed by atoms with E-state index in [0.29, 0.717) is 6.47 Å². The van der Waals surface area contributed by atoms with Crippen molar-refractivity contribution in [2.45, 2.75) is 0 Å². The molecular weight excluding hydrogens is 291 g/mol. The van der Waals surface area contributed by atoms with Crippen LogP contribution >= 0.6 is 7.49 Å². The Kier molecular flexibility index (Phi) is 4.32. The lowest BCUT2D eigenvalue weighted by Crippen LogP contribution is -2.32. The van der Waals surface area contributed by atoms with E-state index in [-0.39, 0.29) is 0 Å². The van der Waals surface area contributed by atoms with Crippen LogP contribution in [0.2, 0.25) is 0 Å². The quantitative estimate of drug-likeness (QED) is 0.535. The van der Waals surface area contributed by atoms with Gasteiger partial charge in [0, 0.05) is 0 Å². The van der Waals surface area contributed by atoms with Gasteiger partial charge < -0.3 is 4.52 Å². The molecule has 0 fully saturated rings. The van der Waals surface area contributed by atoms with Gasteiger partial charge in [-0.2, -0.15) is 0 Å². The van der Waals surface area contributed by atoms with Crippen LogP contribution in [-0.2, 0) is 9.32 Å². The summed E-state index contributed by atoms with van der Waals surface area (Å²) < 4.78 is 5.82. The molecule has 0 bridgehead atoms. The van der Waals surface area contributed by atoms with Crippen LogP contribution in [0.25, 0.3) is 0 Å². The first kappa shape index (κ1) is 14.5. The summed E-state index contributed by atoms with van der Waals surface area (Å²) >= 11 is 0.